The SMILES string of the molecule is CCC(=C(c1ccc(I)cc1)c1ccc(OCCCN(C)C)cc1)c1ccccc1. The summed E-state index contributed by atoms with van der Waals surface area (Å²) in [6.07, 6.45) is 1.99. The van der Waals surface area contributed by atoms with Gasteiger partial charge in [0, 0.05) is 10.1 Å². The number of hydrogen-bond acceptors (Lipinski definition) is 2. The fourth-order valence-corrected chi connectivity index (χ4v) is 3.94. The van der Waals surface area contributed by atoms with E-state index >= 15 is 0 Å². The van der Waals surface area contributed by atoms with E-state index < -0.39 is 0 Å². The quantitative estimate of drug-likeness (QED) is 0.174. The van der Waals surface area contributed by atoms with Crippen LogP contribution < -0.4 is 4.74 Å². The lowest BCUT2D eigenvalue weighted by molar-refractivity contribution is 0.281. The molecule has 2 nitrogen and oxygen atoms in total. The Morgan fingerprint density at radius 3 is 1.97 bits per heavy atom. The summed E-state index contributed by atoms with van der Waals surface area (Å²) < 4.78 is 7.19. The number of rotatable bonds is 9. The molecule has 0 aliphatic rings. The summed E-state index contributed by atoms with van der Waals surface area (Å²) in [4.78, 5) is 2.18. The zero-order chi connectivity index (χ0) is 21.3. The van der Waals surface area contributed by atoms with Crippen molar-refractivity contribution >= 4 is 33.7 Å². The summed E-state index contributed by atoms with van der Waals surface area (Å²) in [6.45, 7) is 4.01. The van der Waals surface area contributed by atoms with Crippen LogP contribution in [0.5, 0.6) is 5.75 Å². The number of hydrogen-bond donors (Lipinski definition) is 0. The van der Waals surface area contributed by atoms with Crippen molar-refractivity contribution < 1.29 is 4.74 Å². The minimum absolute atomic E-state index is 0.738. The molecule has 0 bridgehead atoms. The molecule has 0 aromatic heterocycles. The summed E-state index contributed by atoms with van der Waals surface area (Å²) in [6, 6.07) is 28.1. The molecule has 3 aromatic carbocycles. The van der Waals surface area contributed by atoms with Crippen LogP contribution in [0.25, 0.3) is 11.1 Å². The second kappa shape index (κ2) is 11.3. The van der Waals surface area contributed by atoms with E-state index in [1.54, 1.807) is 0 Å². The van der Waals surface area contributed by atoms with Crippen molar-refractivity contribution in [3.8, 4) is 5.75 Å². The Morgan fingerprint density at radius 2 is 1.40 bits per heavy atom. The highest BCUT2D eigenvalue weighted by Crippen LogP contribution is 2.35. The minimum Gasteiger partial charge on any atom is -0.494 e. The third-order valence-electron chi connectivity index (χ3n) is 5.07. The fourth-order valence-electron chi connectivity index (χ4n) is 3.58. The molecule has 3 heteroatoms. The van der Waals surface area contributed by atoms with Crippen LogP contribution in [0.3, 0.4) is 0 Å². The van der Waals surface area contributed by atoms with Gasteiger partial charge in [-0.25, -0.2) is 0 Å². The highest BCUT2D eigenvalue weighted by molar-refractivity contribution is 14.1. The second-order valence-electron chi connectivity index (χ2n) is 7.61. The number of benzene rings is 3. The van der Waals surface area contributed by atoms with Crippen LogP contribution in [0.2, 0.25) is 0 Å². The number of allylic oxidation sites excluding steroid dienone is 1. The van der Waals surface area contributed by atoms with Crippen molar-refractivity contribution in [2.75, 3.05) is 27.2 Å². The highest BCUT2D eigenvalue weighted by atomic mass is 127. The van der Waals surface area contributed by atoms with E-state index in [4.69, 9.17) is 4.74 Å². The molecule has 0 aliphatic heterocycles. The Kier molecular flexibility index (Phi) is 8.52. The molecule has 30 heavy (non-hydrogen) atoms. The largest absolute Gasteiger partial charge is 0.494 e. The first kappa shape index (κ1) is 22.6. The maximum absolute atomic E-state index is 5.94. The lowest BCUT2D eigenvalue weighted by atomic mass is 9.88. The Balaban J connectivity index is 1.95. The summed E-state index contributed by atoms with van der Waals surface area (Å²) in [5.41, 5.74) is 6.39. The second-order valence-corrected chi connectivity index (χ2v) is 8.86. The zero-order valence-electron chi connectivity index (χ0n) is 18.1. The number of halogens is 1. The summed E-state index contributed by atoms with van der Waals surface area (Å²) in [7, 11) is 4.18. The lowest BCUT2D eigenvalue weighted by Gasteiger charge is -2.17. The molecule has 3 rings (SSSR count). The average molecular weight is 511 g/mol. The molecule has 156 valence electrons. The molecule has 0 radical (unpaired) electrons. The Hall–Kier alpha value is -2.11. The van der Waals surface area contributed by atoms with Crippen LogP contribution in [0.1, 0.15) is 36.5 Å². The number of nitrogens with zero attached hydrogens (tertiary/aromatic N) is 1. The topological polar surface area (TPSA) is 12.5 Å². The summed E-state index contributed by atoms with van der Waals surface area (Å²) in [5, 5.41) is 0. The molecule has 3 aromatic rings. The number of ether oxygens (including phenoxy) is 1. The maximum Gasteiger partial charge on any atom is 0.119 e. The molecule has 0 saturated carbocycles. The molecule has 0 N–H and O–H groups in total. The van der Waals surface area contributed by atoms with Gasteiger partial charge in [-0.05, 0) is 102 Å². The molecular formula is C27H30INO. The van der Waals surface area contributed by atoms with E-state index in [0.29, 0.717) is 0 Å². The van der Waals surface area contributed by atoms with Gasteiger partial charge in [-0.15, -0.1) is 0 Å². The Bertz CT molecular complexity index is 944. The van der Waals surface area contributed by atoms with E-state index in [-0.39, 0.29) is 0 Å². The van der Waals surface area contributed by atoms with E-state index in [2.05, 4.69) is 127 Å². The predicted molar refractivity (Wildman–Crippen MR) is 137 cm³/mol. The van der Waals surface area contributed by atoms with Crippen molar-refractivity contribution in [1.82, 2.24) is 4.90 Å². The Morgan fingerprint density at radius 1 is 0.800 bits per heavy atom. The van der Waals surface area contributed by atoms with Crippen LogP contribution in [0, 0.1) is 3.57 Å². The van der Waals surface area contributed by atoms with Gasteiger partial charge in [0.1, 0.15) is 5.75 Å². The van der Waals surface area contributed by atoms with Crippen LogP contribution in [-0.2, 0) is 0 Å². The Labute approximate surface area is 194 Å². The molecule has 0 fully saturated rings. The van der Waals surface area contributed by atoms with Gasteiger partial charge >= 0.3 is 0 Å². The van der Waals surface area contributed by atoms with E-state index in [0.717, 1.165) is 31.7 Å². The van der Waals surface area contributed by atoms with Crippen molar-refractivity contribution in [3.05, 3.63) is 99.1 Å². The van der Waals surface area contributed by atoms with Crippen molar-refractivity contribution in [2.45, 2.75) is 19.8 Å². The van der Waals surface area contributed by atoms with Crippen LogP contribution in [-0.4, -0.2) is 32.1 Å². The average Bonchev–Trinajstić information content (AvgIpc) is 2.77. The minimum atomic E-state index is 0.738. The predicted octanol–water partition coefficient (Wildman–Crippen LogP) is 6.99. The summed E-state index contributed by atoms with van der Waals surface area (Å²) >= 11 is 2.36. The molecule has 0 heterocycles. The third-order valence-corrected chi connectivity index (χ3v) is 5.79. The van der Waals surface area contributed by atoms with Crippen LogP contribution in [0.4, 0.5) is 0 Å². The zero-order valence-corrected chi connectivity index (χ0v) is 20.2. The van der Waals surface area contributed by atoms with Gasteiger partial charge < -0.3 is 9.64 Å². The van der Waals surface area contributed by atoms with Gasteiger partial charge in [-0.1, -0.05) is 61.5 Å². The van der Waals surface area contributed by atoms with Crippen molar-refractivity contribution in [1.29, 1.82) is 0 Å². The molecular weight excluding hydrogens is 481 g/mol. The van der Waals surface area contributed by atoms with Crippen molar-refractivity contribution in [3.63, 3.8) is 0 Å². The molecule has 0 aliphatic carbocycles. The lowest BCUT2D eigenvalue weighted by Crippen LogP contribution is -2.15. The van der Waals surface area contributed by atoms with Gasteiger partial charge in [0.25, 0.3) is 0 Å². The van der Waals surface area contributed by atoms with E-state index in [1.807, 2.05) is 0 Å². The van der Waals surface area contributed by atoms with Gasteiger partial charge in [-0.3, -0.25) is 0 Å². The first-order valence-electron chi connectivity index (χ1n) is 10.5. The fraction of sp³-hybridized carbons (Fsp3) is 0.259. The standard InChI is InChI=1S/C27H30INO/c1-4-26(21-9-6-5-7-10-21)27(22-11-15-24(28)16-12-22)23-13-17-25(18-14-23)30-20-8-19-29(2)3/h5-7,9-18H,4,8,19-20H2,1-3H3. The van der Waals surface area contributed by atoms with Crippen LogP contribution in [0.15, 0.2) is 78.9 Å². The van der Waals surface area contributed by atoms with Gasteiger partial charge in [0.2, 0.25) is 0 Å². The summed E-state index contributed by atoms with van der Waals surface area (Å²) in [5.74, 6) is 0.928. The smallest absolute Gasteiger partial charge is 0.119 e. The maximum atomic E-state index is 5.94. The normalized spacial score (nSPS) is 12.0. The first-order chi connectivity index (χ1) is 14.6. The molecule has 0 atom stereocenters. The van der Waals surface area contributed by atoms with Crippen molar-refractivity contribution in [2.24, 2.45) is 0 Å². The molecule has 0 spiro atoms. The monoisotopic (exact) mass is 511 g/mol. The van der Waals surface area contributed by atoms with Gasteiger partial charge in [-0.2, -0.15) is 0 Å². The molecule has 0 amide bonds. The third kappa shape index (κ3) is 6.19. The highest BCUT2D eigenvalue weighted by Gasteiger charge is 2.13. The van der Waals surface area contributed by atoms with E-state index in [1.165, 1.54) is 31.4 Å². The van der Waals surface area contributed by atoms with Gasteiger partial charge in [0.05, 0.1) is 6.61 Å². The first-order valence-corrected chi connectivity index (χ1v) is 11.6. The molecule has 0 unspecified atom stereocenters. The van der Waals surface area contributed by atoms with Gasteiger partial charge in [0.15, 0.2) is 0 Å². The van der Waals surface area contributed by atoms with E-state index in [9.17, 15) is 0 Å². The van der Waals surface area contributed by atoms with Crippen LogP contribution >= 0.6 is 22.6 Å². The molecule has 0 saturated heterocycles.